The van der Waals surface area contributed by atoms with Crippen LogP contribution in [-0.4, -0.2) is 15.0 Å². The highest BCUT2D eigenvalue weighted by Gasteiger charge is 2.03. The lowest BCUT2D eigenvalue weighted by atomic mass is 10.3. The summed E-state index contributed by atoms with van der Waals surface area (Å²) in [5, 5.41) is 8.85. The number of hydrogen-bond donors (Lipinski definition) is 0. The van der Waals surface area contributed by atoms with Crippen molar-refractivity contribution >= 4 is 11.6 Å². The first-order chi connectivity index (χ1) is 9.81. The maximum absolute atomic E-state index is 5.82. The minimum absolute atomic E-state index is 0.370. The average molecular weight is 286 g/mol. The van der Waals surface area contributed by atoms with Gasteiger partial charge in [0.15, 0.2) is 0 Å². The Hall–Kier alpha value is -2.33. The van der Waals surface area contributed by atoms with Crippen molar-refractivity contribution in [2.45, 2.75) is 6.61 Å². The third-order valence-electron chi connectivity index (χ3n) is 2.76. The second-order valence-electron chi connectivity index (χ2n) is 4.23. The van der Waals surface area contributed by atoms with E-state index in [0.717, 1.165) is 17.1 Å². The van der Waals surface area contributed by atoms with E-state index in [1.165, 1.54) is 0 Å². The van der Waals surface area contributed by atoms with Gasteiger partial charge in [0.25, 0.3) is 0 Å². The summed E-state index contributed by atoms with van der Waals surface area (Å²) in [5.41, 5.74) is 1.74. The van der Waals surface area contributed by atoms with E-state index >= 15 is 0 Å². The summed E-state index contributed by atoms with van der Waals surface area (Å²) in [5.74, 6) is 0.753. The van der Waals surface area contributed by atoms with Crippen molar-refractivity contribution in [2.75, 3.05) is 0 Å². The van der Waals surface area contributed by atoms with Gasteiger partial charge in [-0.3, -0.25) is 0 Å². The van der Waals surface area contributed by atoms with Crippen molar-refractivity contribution in [3.05, 3.63) is 71.5 Å². The second kappa shape index (κ2) is 5.75. The van der Waals surface area contributed by atoms with Crippen LogP contribution >= 0.6 is 11.6 Å². The third-order valence-corrected chi connectivity index (χ3v) is 3.01. The molecule has 0 aliphatic heterocycles. The first-order valence-electron chi connectivity index (χ1n) is 6.16. The van der Waals surface area contributed by atoms with Crippen LogP contribution in [-0.2, 0) is 6.61 Å². The molecule has 0 aliphatic rings. The predicted molar refractivity (Wildman–Crippen MR) is 77.1 cm³/mol. The van der Waals surface area contributed by atoms with Crippen molar-refractivity contribution < 1.29 is 4.74 Å². The van der Waals surface area contributed by atoms with Crippen LogP contribution < -0.4 is 4.74 Å². The molecule has 0 radical (unpaired) electrons. The summed E-state index contributed by atoms with van der Waals surface area (Å²) in [7, 11) is 0. The Morgan fingerprint density at radius 2 is 1.75 bits per heavy atom. The molecule has 0 saturated heterocycles. The lowest BCUT2D eigenvalue weighted by Gasteiger charge is -2.03. The van der Waals surface area contributed by atoms with Crippen LogP contribution in [0.2, 0.25) is 5.02 Å². The minimum Gasteiger partial charge on any atom is -0.487 e. The van der Waals surface area contributed by atoms with Gasteiger partial charge in [0.05, 0.1) is 11.9 Å². The quantitative estimate of drug-likeness (QED) is 0.736. The number of benzene rings is 2. The van der Waals surface area contributed by atoms with Gasteiger partial charge in [0.2, 0.25) is 0 Å². The third kappa shape index (κ3) is 2.97. The summed E-state index contributed by atoms with van der Waals surface area (Å²) in [6.07, 6.45) is 1.85. The van der Waals surface area contributed by atoms with Crippen LogP contribution in [0.25, 0.3) is 5.69 Å². The number of aromatic nitrogens is 3. The Morgan fingerprint density at radius 3 is 2.50 bits per heavy atom. The van der Waals surface area contributed by atoms with Crippen molar-refractivity contribution in [1.29, 1.82) is 0 Å². The van der Waals surface area contributed by atoms with Crippen molar-refractivity contribution in [3.8, 4) is 11.4 Å². The van der Waals surface area contributed by atoms with Gasteiger partial charge in [-0.15, -0.1) is 5.10 Å². The lowest BCUT2D eigenvalue weighted by Crippen LogP contribution is -1.95. The molecule has 5 heteroatoms. The van der Waals surface area contributed by atoms with Crippen molar-refractivity contribution in [1.82, 2.24) is 15.0 Å². The second-order valence-corrected chi connectivity index (χ2v) is 4.67. The fraction of sp³-hybridized carbons (Fsp3) is 0.0667. The molecule has 4 nitrogen and oxygen atoms in total. The van der Waals surface area contributed by atoms with E-state index in [9.17, 15) is 0 Å². The van der Waals surface area contributed by atoms with E-state index < -0.39 is 0 Å². The maximum Gasteiger partial charge on any atom is 0.134 e. The SMILES string of the molecule is Clc1ccc(OCc2cn(-c3ccccc3)nn2)cc1. The van der Waals surface area contributed by atoms with E-state index in [4.69, 9.17) is 16.3 Å². The summed E-state index contributed by atoms with van der Waals surface area (Å²) in [4.78, 5) is 0. The molecule has 20 heavy (non-hydrogen) atoms. The van der Waals surface area contributed by atoms with Gasteiger partial charge in [0.1, 0.15) is 18.1 Å². The zero-order valence-electron chi connectivity index (χ0n) is 10.6. The Morgan fingerprint density at radius 1 is 1.00 bits per heavy atom. The fourth-order valence-electron chi connectivity index (χ4n) is 1.76. The average Bonchev–Trinajstić information content (AvgIpc) is 2.97. The van der Waals surface area contributed by atoms with Gasteiger partial charge in [0, 0.05) is 5.02 Å². The molecule has 0 aliphatic carbocycles. The standard InChI is InChI=1S/C15H12ClN3O/c16-12-6-8-15(9-7-12)20-11-13-10-19(18-17-13)14-4-2-1-3-5-14/h1-10H,11H2. The minimum atomic E-state index is 0.370. The van der Waals surface area contributed by atoms with E-state index in [1.54, 1.807) is 16.8 Å². The highest BCUT2D eigenvalue weighted by molar-refractivity contribution is 6.30. The molecule has 0 amide bonds. The number of halogens is 1. The van der Waals surface area contributed by atoms with Crippen LogP contribution in [0.15, 0.2) is 60.8 Å². The Labute approximate surface area is 121 Å². The molecule has 0 N–H and O–H groups in total. The molecule has 0 fully saturated rings. The molecule has 100 valence electrons. The number of ether oxygens (including phenoxy) is 1. The van der Waals surface area contributed by atoms with E-state index in [0.29, 0.717) is 11.6 Å². The molecule has 0 spiro atoms. The Kier molecular flexibility index (Phi) is 3.65. The molecule has 0 unspecified atom stereocenters. The molecule has 2 aromatic carbocycles. The van der Waals surface area contributed by atoms with Crippen LogP contribution in [0.1, 0.15) is 5.69 Å². The molecule has 0 bridgehead atoms. The molecular formula is C15H12ClN3O. The van der Waals surface area contributed by atoms with E-state index in [1.807, 2.05) is 48.7 Å². The first kappa shape index (κ1) is 12.7. The van der Waals surface area contributed by atoms with Crippen molar-refractivity contribution in [2.24, 2.45) is 0 Å². The molecule has 1 heterocycles. The summed E-state index contributed by atoms with van der Waals surface area (Å²) >= 11 is 5.82. The van der Waals surface area contributed by atoms with Gasteiger partial charge >= 0.3 is 0 Å². The van der Waals surface area contributed by atoms with Gasteiger partial charge in [-0.05, 0) is 36.4 Å². The molecule has 3 aromatic rings. The number of para-hydroxylation sites is 1. The number of rotatable bonds is 4. The van der Waals surface area contributed by atoms with Crippen molar-refractivity contribution in [3.63, 3.8) is 0 Å². The molecule has 0 atom stereocenters. The largest absolute Gasteiger partial charge is 0.487 e. The van der Waals surface area contributed by atoms with Crippen LogP contribution in [0, 0.1) is 0 Å². The van der Waals surface area contributed by atoms with Crippen LogP contribution in [0.5, 0.6) is 5.75 Å². The summed E-state index contributed by atoms with van der Waals surface area (Å²) in [6, 6.07) is 17.0. The van der Waals surface area contributed by atoms with Gasteiger partial charge in [-0.2, -0.15) is 0 Å². The van der Waals surface area contributed by atoms with Crippen LogP contribution in [0.3, 0.4) is 0 Å². The smallest absolute Gasteiger partial charge is 0.134 e. The predicted octanol–water partition coefficient (Wildman–Crippen LogP) is 3.50. The van der Waals surface area contributed by atoms with Crippen LogP contribution in [0.4, 0.5) is 0 Å². The van der Waals surface area contributed by atoms with Gasteiger partial charge < -0.3 is 4.74 Å². The maximum atomic E-state index is 5.82. The topological polar surface area (TPSA) is 39.9 Å². The Balaban J connectivity index is 1.67. The molecule has 3 rings (SSSR count). The monoisotopic (exact) mass is 285 g/mol. The highest BCUT2D eigenvalue weighted by atomic mass is 35.5. The lowest BCUT2D eigenvalue weighted by molar-refractivity contribution is 0.301. The molecular weight excluding hydrogens is 274 g/mol. The number of nitrogens with zero attached hydrogens (tertiary/aromatic N) is 3. The first-order valence-corrected chi connectivity index (χ1v) is 6.54. The number of hydrogen-bond acceptors (Lipinski definition) is 3. The molecule has 1 aromatic heterocycles. The zero-order valence-corrected chi connectivity index (χ0v) is 11.4. The highest BCUT2D eigenvalue weighted by Crippen LogP contribution is 2.16. The van der Waals surface area contributed by atoms with E-state index in [-0.39, 0.29) is 0 Å². The molecule has 0 saturated carbocycles. The van der Waals surface area contributed by atoms with E-state index in [2.05, 4.69) is 10.3 Å². The van der Waals surface area contributed by atoms with Gasteiger partial charge in [-0.25, -0.2) is 4.68 Å². The fourth-order valence-corrected chi connectivity index (χ4v) is 1.89. The van der Waals surface area contributed by atoms with Gasteiger partial charge in [-0.1, -0.05) is 35.0 Å². The summed E-state index contributed by atoms with van der Waals surface area (Å²) < 4.78 is 7.34. The Bertz CT molecular complexity index is 680. The normalized spacial score (nSPS) is 10.4. The zero-order chi connectivity index (χ0) is 13.8. The summed E-state index contributed by atoms with van der Waals surface area (Å²) in [6.45, 7) is 0.370.